The highest BCUT2D eigenvalue weighted by molar-refractivity contribution is 5.52. The van der Waals surface area contributed by atoms with Crippen molar-refractivity contribution in [3.8, 4) is 0 Å². The van der Waals surface area contributed by atoms with Crippen LogP contribution >= 0.6 is 0 Å². The monoisotopic (exact) mass is 170 g/mol. The van der Waals surface area contributed by atoms with Gasteiger partial charge in [-0.3, -0.25) is 0 Å². The first-order chi connectivity index (χ1) is 5.45. The lowest BCUT2D eigenvalue weighted by molar-refractivity contribution is -0.110. The van der Waals surface area contributed by atoms with E-state index in [9.17, 15) is 4.79 Å². The minimum absolute atomic E-state index is 0.255. The molecule has 72 valence electrons. The van der Waals surface area contributed by atoms with Gasteiger partial charge in [0.25, 0.3) is 0 Å². The molecule has 12 heavy (non-hydrogen) atoms. The number of aldehydes is 1. The van der Waals surface area contributed by atoms with Crippen LogP contribution in [0.5, 0.6) is 0 Å². The molecule has 0 saturated carbocycles. The van der Waals surface area contributed by atoms with E-state index in [-0.39, 0.29) is 5.92 Å². The quantitative estimate of drug-likeness (QED) is 0.456. The van der Waals surface area contributed by atoms with Crippen LogP contribution in [0.3, 0.4) is 0 Å². The molecule has 0 aliphatic heterocycles. The Labute approximate surface area is 76.6 Å². The van der Waals surface area contributed by atoms with Crippen molar-refractivity contribution < 1.29 is 4.79 Å². The van der Waals surface area contributed by atoms with E-state index < -0.39 is 0 Å². The normalized spacial score (nSPS) is 14.3. The van der Waals surface area contributed by atoms with Gasteiger partial charge in [0.15, 0.2) is 0 Å². The van der Waals surface area contributed by atoms with E-state index in [1.165, 1.54) is 19.3 Å². The maximum atomic E-state index is 10.3. The third-order valence-electron chi connectivity index (χ3n) is 2.07. The first-order valence-corrected chi connectivity index (χ1v) is 4.91. The highest BCUT2D eigenvalue weighted by atomic mass is 16.1. The lowest BCUT2D eigenvalue weighted by Gasteiger charge is -2.17. The predicted octanol–water partition coefficient (Wildman–Crippen LogP) is 3.43. The molecule has 0 radical (unpaired) electrons. The fourth-order valence-corrected chi connectivity index (χ4v) is 1.19. The van der Waals surface area contributed by atoms with Crippen molar-refractivity contribution in [3.05, 3.63) is 0 Å². The standard InChI is InChI=1S/C11H22O/c1-10(9-12)7-5-6-8-11(2,3)4/h9-10H,5-8H2,1-4H3. The summed E-state index contributed by atoms with van der Waals surface area (Å²) >= 11 is 0. The third-order valence-corrected chi connectivity index (χ3v) is 2.07. The summed E-state index contributed by atoms with van der Waals surface area (Å²) in [4.78, 5) is 10.3. The van der Waals surface area contributed by atoms with Gasteiger partial charge in [0.05, 0.1) is 0 Å². The zero-order chi connectivity index (χ0) is 9.61. The summed E-state index contributed by atoms with van der Waals surface area (Å²) in [5.41, 5.74) is 0.449. The van der Waals surface area contributed by atoms with Crippen LogP contribution in [0, 0.1) is 11.3 Å². The van der Waals surface area contributed by atoms with Gasteiger partial charge in [-0.15, -0.1) is 0 Å². The molecule has 0 aromatic rings. The SMILES string of the molecule is CC(C=O)CCCCC(C)(C)C. The molecule has 0 rings (SSSR count). The topological polar surface area (TPSA) is 17.1 Å². The molecule has 0 heterocycles. The molecule has 0 aliphatic carbocycles. The van der Waals surface area contributed by atoms with E-state index in [4.69, 9.17) is 0 Å². The second kappa shape index (κ2) is 5.34. The molecule has 0 spiro atoms. The number of carbonyl (C=O) groups is 1. The lowest BCUT2D eigenvalue weighted by atomic mass is 9.89. The van der Waals surface area contributed by atoms with Crippen molar-refractivity contribution in [3.63, 3.8) is 0 Å². The fourth-order valence-electron chi connectivity index (χ4n) is 1.19. The summed E-state index contributed by atoms with van der Waals surface area (Å²) in [6, 6.07) is 0. The van der Waals surface area contributed by atoms with Crippen LogP contribution in [0.15, 0.2) is 0 Å². The Kier molecular flexibility index (Phi) is 5.19. The minimum atomic E-state index is 0.255. The smallest absolute Gasteiger partial charge is 0.122 e. The summed E-state index contributed by atoms with van der Waals surface area (Å²) in [6.07, 6.45) is 5.81. The van der Waals surface area contributed by atoms with Gasteiger partial charge in [0.1, 0.15) is 6.29 Å². The van der Waals surface area contributed by atoms with Crippen molar-refractivity contribution in [2.45, 2.75) is 53.4 Å². The van der Waals surface area contributed by atoms with Crippen LogP contribution in [0.25, 0.3) is 0 Å². The van der Waals surface area contributed by atoms with Gasteiger partial charge < -0.3 is 4.79 Å². The first kappa shape index (κ1) is 11.7. The molecule has 0 bridgehead atoms. The van der Waals surface area contributed by atoms with Gasteiger partial charge in [-0.25, -0.2) is 0 Å². The van der Waals surface area contributed by atoms with Crippen LogP contribution in [-0.4, -0.2) is 6.29 Å². The maximum Gasteiger partial charge on any atom is 0.122 e. The van der Waals surface area contributed by atoms with Crippen molar-refractivity contribution in [1.82, 2.24) is 0 Å². The van der Waals surface area contributed by atoms with Gasteiger partial charge in [0, 0.05) is 5.92 Å². The first-order valence-electron chi connectivity index (χ1n) is 4.91. The largest absolute Gasteiger partial charge is 0.303 e. The molecule has 0 amide bonds. The number of hydrogen-bond acceptors (Lipinski definition) is 1. The van der Waals surface area contributed by atoms with Crippen molar-refractivity contribution in [2.75, 3.05) is 0 Å². The average molecular weight is 170 g/mol. The molecule has 0 aliphatic rings. The molecule has 1 nitrogen and oxygen atoms in total. The zero-order valence-corrected chi connectivity index (χ0v) is 8.89. The Balaban J connectivity index is 3.27. The van der Waals surface area contributed by atoms with Gasteiger partial charge in [-0.2, -0.15) is 0 Å². The molecule has 0 N–H and O–H groups in total. The summed E-state index contributed by atoms with van der Waals surface area (Å²) in [5, 5.41) is 0. The fraction of sp³-hybridized carbons (Fsp3) is 0.909. The molecule has 1 unspecified atom stereocenters. The van der Waals surface area contributed by atoms with E-state index in [2.05, 4.69) is 20.8 Å². The third kappa shape index (κ3) is 7.77. The molecular formula is C11H22O. The summed E-state index contributed by atoms with van der Waals surface area (Å²) in [6.45, 7) is 8.77. The summed E-state index contributed by atoms with van der Waals surface area (Å²) in [7, 11) is 0. The number of hydrogen-bond donors (Lipinski definition) is 0. The van der Waals surface area contributed by atoms with Crippen LogP contribution in [-0.2, 0) is 4.79 Å². The van der Waals surface area contributed by atoms with E-state index in [0.717, 1.165) is 12.7 Å². The molecule has 1 atom stereocenters. The van der Waals surface area contributed by atoms with E-state index in [0.29, 0.717) is 5.41 Å². The summed E-state index contributed by atoms with van der Waals surface area (Å²) < 4.78 is 0. The van der Waals surface area contributed by atoms with E-state index >= 15 is 0 Å². The molecule has 1 heteroatoms. The zero-order valence-electron chi connectivity index (χ0n) is 8.89. The Hall–Kier alpha value is -0.330. The maximum absolute atomic E-state index is 10.3. The lowest BCUT2D eigenvalue weighted by Crippen LogP contribution is -2.04. The molecule has 0 fully saturated rings. The van der Waals surface area contributed by atoms with E-state index in [1.807, 2.05) is 6.92 Å². The highest BCUT2D eigenvalue weighted by Gasteiger charge is 2.09. The Morgan fingerprint density at radius 1 is 1.25 bits per heavy atom. The van der Waals surface area contributed by atoms with Crippen molar-refractivity contribution >= 4 is 6.29 Å². The Bertz CT molecular complexity index is 121. The number of unbranched alkanes of at least 4 members (excludes halogenated alkanes) is 1. The summed E-state index contributed by atoms with van der Waals surface area (Å²) in [5.74, 6) is 0.255. The minimum Gasteiger partial charge on any atom is -0.303 e. The average Bonchev–Trinajstić information content (AvgIpc) is 1.96. The van der Waals surface area contributed by atoms with Crippen molar-refractivity contribution in [2.24, 2.45) is 11.3 Å². The Morgan fingerprint density at radius 3 is 2.25 bits per heavy atom. The number of rotatable bonds is 5. The van der Waals surface area contributed by atoms with Crippen molar-refractivity contribution in [1.29, 1.82) is 0 Å². The Morgan fingerprint density at radius 2 is 1.83 bits per heavy atom. The van der Waals surface area contributed by atoms with Crippen LogP contribution in [0.1, 0.15) is 53.4 Å². The van der Waals surface area contributed by atoms with Gasteiger partial charge in [-0.05, 0) is 18.3 Å². The molecule has 0 saturated heterocycles. The molecule has 0 aromatic heterocycles. The second-order valence-corrected chi connectivity index (χ2v) is 4.92. The van der Waals surface area contributed by atoms with E-state index in [1.54, 1.807) is 0 Å². The predicted molar refractivity (Wildman–Crippen MR) is 53.2 cm³/mol. The number of carbonyl (C=O) groups excluding carboxylic acids is 1. The van der Waals surface area contributed by atoms with Gasteiger partial charge in [0.2, 0.25) is 0 Å². The van der Waals surface area contributed by atoms with Crippen LogP contribution in [0.4, 0.5) is 0 Å². The van der Waals surface area contributed by atoms with Crippen LogP contribution < -0.4 is 0 Å². The second-order valence-electron chi connectivity index (χ2n) is 4.92. The van der Waals surface area contributed by atoms with Gasteiger partial charge >= 0.3 is 0 Å². The van der Waals surface area contributed by atoms with Crippen LogP contribution in [0.2, 0.25) is 0 Å². The van der Waals surface area contributed by atoms with Gasteiger partial charge in [-0.1, -0.05) is 40.5 Å². The molecule has 0 aromatic carbocycles. The highest BCUT2D eigenvalue weighted by Crippen LogP contribution is 2.22. The molecular weight excluding hydrogens is 148 g/mol.